The van der Waals surface area contributed by atoms with E-state index in [2.05, 4.69) is 0 Å². The summed E-state index contributed by atoms with van der Waals surface area (Å²) in [4.78, 5) is 23.6. The van der Waals surface area contributed by atoms with E-state index in [4.69, 9.17) is 17.3 Å². The Balaban J connectivity index is 3.14. The highest BCUT2D eigenvalue weighted by molar-refractivity contribution is 6.34. The Morgan fingerprint density at radius 1 is 1.55 bits per heavy atom. The zero-order valence-corrected chi connectivity index (χ0v) is 12.1. The number of hydrogen-bond donors (Lipinski definition) is 2. The predicted octanol–water partition coefficient (Wildman–Crippen LogP) is 1.67. The minimum atomic E-state index is -1.08. The molecule has 0 fully saturated rings. The molecule has 0 aliphatic rings. The average Bonchev–Trinajstić information content (AvgIpc) is 2.28. The van der Waals surface area contributed by atoms with Crippen molar-refractivity contribution in [2.45, 2.75) is 19.4 Å². The molecule has 0 saturated heterocycles. The largest absolute Gasteiger partial charge is 0.392 e. The molecule has 1 aromatic rings. The summed E-state index contributed by atoms with van der Waals surface area (Å²) in [6, 6.07) is 2.34. The van der Waals surface area contributed by atoms with Crippen molar-refractivity contribution in [3.63, 3.8) is 0 Å². The Labute approximate surface area is 121 Å². The summed E-state index contributed by atoms with van der Waals surface area (Å²) < 4.78 is 0. The molecular formula is C12H16ClN3O4. The van der Waals surface area contributed by atoms with Crippen LogP contribution in [0.5, 0.6) is 0 Å². The zero-order chi connectivity index (χ0) is 15.7. The van der Waals surface area contributed by atoms with Gasteiger partial charge in [-0.05, 0) is 19.9 Å². The van der Waals surface area contributed by atoms with Crippen LogP contribution in [0.1, 0.15) is 24.2 Å². The minimum Gasteiger partial charge on any atom is -0.392 e. The normalized spacial score (nSPS) is 11.2. The Hall–Kier alpha value is -1.86. The van der Waals surface area contributed by atoms with Crippen LogP contribution in [0, 0.1) is 10.1 Å². The summed E-state index contributed by atoms with van der Waals surface area (Å²) in [5, 5.41) is 20.5. The third-order valence-electron chi connectivity index (χ3n) is 2.52. The van der Waals surface area contributed by atoms with Gasteiger partial charge in [0.05, 0.1) is 15.5 Å². The molecule has 0 unspecified atom stereocenters. The number of nitrogens with zero attached hydrogens (tertiary/aromatic N) is 2. The van der Waals surface area contributed by atoms with Gasteiger partial charge in [-0.2, -0.15) is 0 Å². The lowest BCUT2D eigenvalue weighted by Crippen LogP contribution is -2.39. The van der Waals surface area contributed by atoms with Crippen LogP contribution in [0.2, 0.25) is 5.02 Å². The number of aliphatic hydroxyl groups is 1. The number of likely N-dealkylation sites (N-methyl/N-ethyl adjacent to an activating group) is 1. The van der Waals surface area contributed by atoms with E-state index >= 15 is 0 Å². The molecule has 1 aromatic carbocycles. The van der Waals surface area contributed by atoms with Crippen LogP contribution in [-0.2, 0) is 0 Å². The molecule has 0 aliphatic carbocycles. The van der Waals surface area contributed by atoms with Crippen LogP contribution < -0.4 is 5.73 Å². The van der Waals surface area contributed by atoms with Crippen LogP contribution in [0.3, 0.4) is 0 Å². The summed E-state index contributed by atoms with van der Waals surface area (Å²) in [6.45, 7) is 3.17. The lowest BCUT2D eigenvalue weighted by atomic mass is 10.1. The average molecular weight is 302 g/mol. The number of carbonyl (C=O) groups is 1. The van der Waals surface area contributed by atoms with Gasteiger partial charge < -0.3 is 15.7 Å². The van der Waals surface area contributed by atoms with E-state index in [1.54, 1.807) is 13.8 Å². The van der Waals surface area contributed by atoms with Gasteiger partial charge in [-0.15, -0.1) is 0 Å². The molecule has 1 rings (SSSR count). The topological polar surface area (TPSA) is 110 Å². The summed E-state index contributed by atoms with van der Waals surface area (Å²) in [5.74, 6) is -0.489. The number of rotatable bonds is 4. The SMILES string of the molecule is CN(CC(C)(C)O)C(=O)c1cc(Cl)c(N)c([N+](=O)[O-])c1. The molecule has 0 aromatic heterocycles. The molecule has 3 N–H and O–H groups in total. The maximum absolute atomic E-state index is 12.2. The summed E-state index contributed by atoms with van der Waals surface area (Å²) >= 11 is 5.80. The fourth-order valence-electron chi connectivity index (χ4n) is 1.75. The molecule has 20 heavy (non-hydrogen) atoms. The first-order valence-corrected chi connectivity index (χ1v) is 6.12. The first-order chi connectivity index (χ1) is 9.03. The van der Waals surface area contributed by atoms with Crippen molar-refractivity contribution in [3.05, 3.63) is 32.8 Å². The molecule has 0 aliphatic heterocycles. The van der Waals surface area contributed by atoms with E-state index in [0.717, 1.165) is 6.07 Å². The highest BCUT2D eigenvalue weighted by Crippen LogP contribution is 2.31. The van der Waals surface area contributed by atoms with Gasteiger partial charge in [0.2, 0.25) is 0 Å². The van der Waals surface area contributed by atoms with E-state index < -0.39 is 22.1 Å². The van der Waals surface area contributed by atoms with Gasteiger partial charge in [0.25, 0.3) is 11.6 Å². The van der Waals surface area contributed by atoms with Crippen LogP contribution in [-0.4, -0.2) is 40.0 Å². The first-order valence-electron chi connectivity index (χ1n) is 5.74. The molecule has 0 saturated carbocycles. The maximum atomic E-state index is 12.2. The van der Waals surface area contributed by atoms with Crippen molar-refractivity contribution in [1.82, 2.24) is 4.90 Å². The number of anilines is 1. The van der Waals surface area contributed by atoms with Gasteiger partial charge in [0.1, 0.15) is 5.69 Å². The standard InChI is InChI=1S/C12H16ClN3O4/c1-12(2,18)6-15(3)11(17)7-4-8(13)10(14)9(5-7)16(19)20/h4-5,18H,6,14H2,1-3H3. The highest BCUT2D eigenvalue weighted by atomic mass is 35.5. The van der Waals surface area contributed by atoms with Crippen molar-refractivity contribution < 1.29 is 14.8 Å². The second-order valence-electron chi connectivity index (χ2n) is 5.12. The number of carbonyl (C=O) groups excluding carboxylic acids is 1. The molecule has 8 heteroatoms. The number of halogens is 1. The lowest BCUT2D eigenvalue weighted by Gasteiger charge is -2.25. The van der Waals surface area contributed by atoms with Gasteiger partial charge >= 0.3 is 0 Å². The third kappa shape index (κ3) is 3.82. The number of benzene rings is 1. The van der Waals surface area contributed by atoms with Gasteiger partial charge in [-0.1, -0.05) is 11.6 Å². The van der Waals surface area contributed by atoms with E-state index in [1.807, 2.05) is 0 Å². The zero-order valence-electron chi connectivity index (χ0n) is 11.4. The highest BCUT2D eigenvalue weighted by Gasteiger charge is 2.24. The molecule has 0 bridgehead atoms. The number of nitro groups is 1. The van der Waals surface area contributed by atoms with Crippen molar-refractivity contribution >= 4 is 28.9 Å². The van der Waals surface area contributed by atoms with Crippen molar-refractivity contribution in [1.29, 1.82) is 0 Å². The Morgan fingerprint density at radius 3 is 2.55 bits per heavy atom. The molecule has 0 radical (unpaired) electrons. The smallest absolute Gasteiger partial charge is 0.294 e. The summed E-state index contributed by atoms with van der Waals surface area (Å²) in [6.07, 6.45) is 0. The van der Waals surface area contributed by atoms with E-state index in [0.29, 0.717) is 0 Å². The quantitative estimate of drug-likeness (QED) is 0.499. The number of nitrogen functional groups attached to an aromatic ring is 1. The van der Waals surface area contributed by atoms with Gasteiger partial charge in [-0.25, -0.2) is 0 Å². The number of nitrogens with two attached hydrogens (primary N) is 1. The molecular weight excluding hydrogens is 286 g/mol. The van der Waals surface area contributed by atoms with Crippen LogP contribution in [0.25, 0.3) is 0 Å². The van der Waals surface area contributed by atoms with E-state index in [-0.39, 0.29) is 22.8 Å². The van der Waals surface area contributed by atoms with Crippen LogP contribution >= 0.6 is 11.6 Å². The molecule has 0 heterocycles. The number of nitro benzene ring substituents is 1. The molecule has 110 valence electrons. The van der Waals surface area contributed by atoms with Gasteiger partial charge in [0.15, 0.2) is 0 Å². The summed E-state index contributed by atoms with van der Waals surface area (Å²) in [7, 11) is 1.48. The van der Waals surface area contributed by atoms with Crippen molar-refractivity contribution in [2.75, 3.05) is 19.3 Å². The molecule has 0 atom stereocenters. The minimum absolute atomic E-state index is 0.0441. The van der Waals surface area contributed by atoms with E-state index in [1.165, 1.54) is 18.0 Å². The molecule has 7 nitrogen and oxygen atoms in total. The fourth-order valence-corrected chi connectivity index (χ4v) is 1.96. The number of hydrogen-bond acceptors (Lipinski definition) is 5. The van der Waals surface area contributed by atoms with Crippen molar-refractivity contribution in [3.8, 4) is 0 Å². The van der Waals surface area contributed by atoms with Crippen LogP contribution in [0.15, 0.2) is 12.1 Å². The Morgan fingerprint density at radius 2 is 2.10 bits per heavy atom. The Bertz CT molecular complexity index is 554. The third-order valence-corrected chi connectivity index (χ3v) is 2.83. The monoisotopic (exact) mass is 301 g/mol. The number of amides is 1. The van der Waals surface area contributed by atoms with E-state index in [9.17, 15) is 20.0 Å². The maximum Gasteiger partial charge on any atom is 0.294 e. The predicted molar refractivity (Wildman–Crippen MR) is 75.8 cm³/mol. The second-order valence-corrected chi connectivity index (χ2v) is 5.53. The van der Waals surface area contributed by atoms with Crippen molar-refractivity contribution in [2.24, 2.45) is 0 Å². The first kappa shape index (κ1) is 16.2. The fraction of sp³-hybridized carbons (Fsp3) is 0.417. The second kappa shape index (κ2) is 5.64. The summed E-state index contributed by atoms with van der Waals surface area (Å²) in [5.41, 5.74) is 3.86. The van der Waals surface area contributed by atoms with Gasteiger partial charge in [0, 0.05) is 25.2 Å². The Kier molecular flexibility index (Phi) is 4.57. The molecule has 1 amide bonds. The van der Waals surface area contributed by atoms with Gasteiger partial charge in [-0.3, -0.25) is 14.9 Å². The van der Waals surface area contributed by atoms with Crippen LogP contribution in [0.4, 0.5) is 11.4 Å². The lowest BCUT2D eigenvalue weighted by molar-refractivity contribution is -0.383. The molecule has 0 spiro atoms.